The predicted molar refractivity (Wildman–Crippen MR) is 117 cm³/mol. The third kappa shape index (κ3) is 3.79. The summed E-state index contributed by atoms with van der Waals surface area (Å²) in [6, 6.07) is 7.60. The number of nitrogens with zero attached hydrogens (tertiary/aromatic N) is 2. The molecule has 4 unspecified atom stereocenters. The van der Waals surface area contributed by atoms with Crippen molar-refractivity contribution in [3.05, 3.63) is 41.6 Å². The Hall–Kier alpha value is -2.67. The van der Waals surface area contributed by atoms with Crippen molar-refractivity contribution in [3.63, 3.8) is 0 Å². The van der Waals surface area contributed by atoms with Gasteiger partial charge in [0, 0.05) is 36.0 Å². The third-order valence-corrected chi connectivity index (χ3v) is 6.57. The van der Waals surface area contributed by atoms with Crippen molar-refractivity contribution in [2.75, 3.05) is 0 Å². The third-order valence-electron chi connectivity index (χ3n) is 6.57. The number of rotatable bonds is 5. The highest BCUT2D eigenvalue weighted by Gasteiger charge is 2.43. The Kier molecular flexibility index (Phi) is 6.07. The molecular weight excluding hydrogens is 360 g/mol. The summed E-state index contributed by atoms with van der Waals surface area (Å²) in [6.07, 6.45) is 7.73. The van der Waals surface area contributed by atoms with E-state index in [-0.39, 0.29) is 48.5 Å². The number of likely N-dealkylation sites (tertiary alicyclic amines) is 1. The SMILES string of the molecule is C#CC1C(C)C(C)C(C)N1C(=O)CCC(=O)c1ccnc2cccc(C(C)C)c12. The van der Waals surface area contributed by atoms with Gasteiger partial charge < -0.3 is 4.90 Å². The zero-order chi connectivity index (χ0) is 21.3. The number of Topliss-reactive ketones (excluding diaryl/α,β-unsaturated/α-hetero) is 1. The number of fused-ring (bicyclic) bond motifs is 1. The second kappa shape index (κ2) is 8.37. The van der Waals surface area contributed by atoms with E-state index in [1.54, 1.807) is 12.3 Å². The minimum absolute atomic E-state index is 0.0240. The molecule has 0 saturated carbocycles. The molecule has 152 valence electrons. The number of hydrogen-bond acceptors (Lipinski definition) is 3. The monoisotopic (exact) mass is 390 g/mol. The van der Waals surface area contributed by atoms with Crippen LogP contribution in [0, 0.1) is 24.2 Å². The van der Waals surface area contributed by atoms with Crippen molar-refractivity contribution >= 4 is 22.6 Å². The molecular formula is C25H30N2O2. The van der Waals surface area contributed by atoms with Crippen molar-refractivity contribution in [3.8, 4) is 12.3 Å². The molecule has 0 spiro atoms. The molecule has 1 aliphatic heterocycles. The van der Waals surface area contributed by atoms with Gasteiger partial charge in [0.2, 0.25) is 5.91 Å². The zero-order valence-electron chi connectivity index (χ0n) is 18.0. The van der Waals surface area contributed by atoms with Crippen LogP contribution in [0.3, 0.4) is 0 Å². The molecule has 1 aromatic heterocycles. The molecule has 4 heteroatoms. The van der Waals surface area contributed by atoms with Crippen LogP contribution >= 0.6 is 0 Å². The first-order valence-corrected chi connectivity index (χ1v) is 10.5. The molecule has 3 rings (SSSR count). The molecule has 1 fully saturated rings. The molecule has 1 aliphatic rings. The first kappa shape index (κ1) is 21.0. The number of carbonyl (C=O) groups excluding carboxylic acids is 2. The molecule has 0 bridgehead atoms. The number of amides is 1. The van der Waals surface area contributed by atoms with Crippen molar-refractivity contribution in [1.29, 1.82) is 0 Å². The predicted octanol–water partition coefficient (Wildman–Crippen LogP) is 4.83. The number of ketones is 1. The van der Waals surface area contributed by atoms with Gasteiger partial charge in [-0.05, 0) is 42.4 Å². The lowest BCUT2D eigenvalue weighted by molar-refractivity contribution is -0.133. The van der Waals surface area contributed by atoms with E-state index < -0.39 is 0 Å². The molecule has 1 amide bonds. The van der Waals surface area contributed by atoms with Gasteiger partial charge in [-0.25, -0.2) is 0 Å². The van der Waals surface area contributed by atoms with Gasteiger partial charge in [0.05, 0.1) is 11.6 Å². The molecule has 0 N–H and O–H groups in total. The minimum atomic E-state index is -0.197. The fraction of sp³-hybridized carbons (Fsp3) is 0.480. The van der Waals surface area contributed by atoms with E-state index in [9.17, 15) is 9.59 Å². The Morgan fingerprint density at radius 1 is 1.14 bits per heavy atom. The number of aromatic nitrogens is 1. The zero-order valence-corrected chi connectivity index (χ0v) is 18.0. The maximum absolute atomic E-state index is 13.1. The average Bonchev–Trinajstić information content (AvgIpc) is 2.94. The van der Waals surface area contributed by atoms with Gasteiger partial charge in [-0.15, -0.1) is 6.42 Å². The summed E-state index contributed by atoms with van der Waals surface area (Å²) in [5, 5.41) is 0.903. The first-order chi connectivity index (χ1) is 13.8. The maximum Gasteiger partial charge on any atom is 0.224 e. The lowest BCUT2D eigenvalue weighted by atomic mass is 9.91. The van der Waals surface area contributed by atoms with E-state index in [0.717, 1.165) is 16.5 Å². The van der Waals surface area contributed by atoms with Crippen LogP contribution in [-0.4, -0.2) is 33.7 Å². The highest BCUT2D eigenvalue weighted by Crippen LogP contribution is 2.35. The molecule has 4 atom stereocenters. The molecule has 1 saturated heterocycles. The molecule has 4 nitrogen and oxygen atoms in total. The van der Waals surface area contributed by atoms with Gasteiger partial charge in [-0.3, -0.25) is 14.6 Å². The van der Waals surface area contributed by atoms with Gasteiger partial charge in [-0.1, -0.05) is 45.7 Å². The number of terminal acetylenes is 1. The molecule has 2 aromatic rings. The number of benzene rings is 1. The van der Waals surface area contributed by atoms with E-state index in [2.05, 4.69) is 38.6 Å². The smallest absolute Gasteiger partial charge is 0.224 e. The average molecular weight is 391 g/mol. The lowest BCUT2D eigenvalue weighted by Gasteiger charge is -2.27. The summed E-state index contributed by atoms with van der Waals surface area (Å²) < 4.78 is 0. The molecule has 0 aliphatic carbocycles. The summed E-state index contributed by atoms with van der Waals surface area (Å²) in [6.45, 7) is 10.5. The van der Waals surface area contributed by atoms with E-state index in [4.69, 9.17) is 6.42 Å². The van der Waals surface area contributed by atoms with Crippen LogP contribution in [0.5, 0.6) is 0 Å². The topological polar surface area (TPSA) is 50.3 Å². The van der Waals surface area contributed by atoms with Gasteiger partial charge in [0.1, 0.15) is 0 Å². The standard InChI is InChI=1S/C25H30N2O2/c1-7-22-17(5)16(4)18(6)27(22)24(29)12-11-23(28)20-13-14-26-21-10-8-9-19(15(2)3)25(20)21/h1,8-10,13-18,22H,11-12H2,2-6H3. The maximum atomic E-state index is 13.1. The molecule has 2 heterocycles. The summed E-state index contributed by atoms with van der Waals surface area (Å²) in [5.74, 6) is 3.60. The Morgan fingerprint density at radius 2 is 1.86 bits per heavy atom. The quantitative estimate of drug-likeness (QED) is 0.543. The van der Waals surface area contributed by atoms with Crippen molar-refractivity contribution in [2.45, 2.75) is 65.5 Å². The van der Waals surface area contributed by atoms with E-state index in [1.165, 1.54) is 0 Å². The van der Waals surface area contributed by atoms with E-state index in [1.807, 2.05) is 30.0 Å². The van der Waals surface area contributed by atoms with Gasteiger partial charge in [0.25, 0.3) is 0 Å². The lowest BCUT2D eigenvalue weighted by Crippen LogP contribution is -2.41. The first-order valence-electron chi connectivity index (χ1n) is 10.5. The van der Waals surface area contributed by atoms with Crippen LogP contribution < -0.4 is 0 Å². The summed E-state index contributed by atoms with van der Waals surface area (Å²) in [7, 11) is 0. The van der Waals surface area contributed by atoms with Crippen LogP contribution in [0.15, 0.2) is 30.5 Å². The Balaban J connectivity index is 1.82. The fourth-order valence-corrected chi connectivity index (χ4v) is 4.53. The molecule has 0 radical (unpaired) electrons. The normalized spacial score (nSPS) is 24.1. The second-order valence-electron chi connectivity index (χ2n) is 8.55. The van der Waals surface area contributed by atoms with Gasteiger partial charge in [-0.2, -0.15) is 0 Å². The minimum Gasteiger partial charge on any atom is -0.326 e. The Bertz CT molecular complexity index is 967. The number of carbonyl (C=O) groups is 2. The van der Waals surface area contributed by atoms with Crippen molar-refractivity contribution in [1.82, 2.24) is 9.88 Å². The number of hydrogen-bond donors (Lipinski definition) is 0. The van der Waals surface area contributed by atoms with Crippen molar-refractivity contribution in [2.24, 2.45) is 11.8 Å². The summed E-state index contributed by atoms with van der Waals surface area (Å²) >= 11 is 0. The number of pyridine rings is 1. The van der Waals surface area contributed by atoms with E-state index in [0.29, 0.717) is 11.5 Å². The van der Waals surface area contributed by atoms with Crippen LogP contribution in [0.2, 0.25) is 0 Å². The van der Waals surface area contributed by atoms with Gasteiger partial charge in [0.15, 0.2) is 5.78 Å². The molecule has 1 aromatic carbocycles. The summed E-state index contributed by atoms with van der Waals surface area (Å²) in [5.41, 5.74) is 2.57. The fourth-order valence-electron chi connectivity index (χ4n) is 4.53. The van der Waals surface area contributed by atoms with E-state index >= 15 is 0 Å². The van der Waals surface area contributed by atoms with Crippen LogP contribution in [0.25, 0.3) is 10.9 Å². The highest BCUT2D eigenvalue weighted by molar-refractivity contribution is 6.09. The summed E-state index contributed by atoms with van der Waals surface area (Å²) in [4.78, 5) is 32.3. The van der Waals surface area contributed by atoms with Gasteiger partial charge >= 0.3 is 0 Å². The highest BCUT2D eigenvalue weighted by atomic mass is 16.2. The Morgan fingerprint density at radius 3 is 2.52 bits per heavy atom. The van der Waals surface area contributed by atoms with Crippen LogP contribution in [0.4, 0.5) is 0 Å². The van der Waals surface area contributed by atoms with Crippen molar-refractivity contribution < 1.29 is 9.59 Å². The van der Waals surface area contributed by atoms with Crippen LogP contribution in [-0.2, 0) is 4.79 Å². The molecule has 29 heavy (non-hydrogen) atoms. The van der Waals surface area contributed by atoms with Crippen LogP contribution in [0.1, 0.15) is 69.3 Å². The Labute approximate surface area is 173 Å². The largest absolute Gasteiger partial charge is 0.326 e. The second-order valence-corrected chi connectivity index (χ2v) is 8.55.